The van der Waals surface area contributed by atoms with Gasteiger partial charge in [0.15, 0.2) is 0 Å². The first kappa shape index (κ1) is 12.7. The summed E-state index contributed by atoms with van der Waals surface area (Å²) in [4.78, 5) is 0. The molecule has 0 unspecified atom stereocenters. The molecule has 0 fully saturated rings. The van der Waals surface area contributed by atoms with E-state index >= 15 is 0 Å². The fraction of sp³-hybridized carbons (Fsp3) is 0.294. The highest BCUT2D eigenvalue weighted by Crippen LogP contribution is 2.34. The highest BCUT2D eigenvalue weighted by molar-refractivity contribution is 5.45. The number of hydrogen-bond donors (Lipinski definition) is 1. The molecule has 0 spiro atoms. The zero-order valence-electron chi connectivity index (χ0n) is 11.3. The summed E-state index contributed by atoms with van der Waals surface area (Å²) in [5, 5.41) is 10.1. The predicted octanol–water partition coefficient (Wildman–Crippen LogP) is 4.28. The molecular weight excluding hydrogens is 220 g/mol. The molecular formula is C17H20O. The summed E-state index contributed by atoms with van der Waals surface area (Å²) in [7, 11) is 0. The van der Waals surface area contributed by atoms with Crippen LogP contribution < -0.4 is 0 Å². The molecule has 18 heavy (non-hydrogen) atoms. The van der Waals surface area contributed by atoms with E-state index in [1.165, 1.54) is 11.1 Å². The molecule has 2 aromatic carbocycles. The van der Waals surface area contributed by atoms with E-state index in [1.807, 2.05) is 12.1 Å². The van der Waals surface area contributed by atoms with Crippen molar-refractivity contribution in [3.05, 3.63) is 65.2 Å². The molecule has 1 heteroatoms. The first-order valence-corrected chi connectivity index (χ1v) is 6.34. The minimum atomic E-state index is -0.0462. The topological polar surface area (TPSA) is 20.2 Å². The molecule has 1 N–H and O–H groups in total. The summed E-state index contributed by atoms with van der Waals surface area (Å²) in [5.74, 6) is 0.399. The van der Waals surface area contributed by atoms with Gasteiger partial charge in [0.05, 0.1) is 0 Å². The van der Waals surface area contributed by atoms with E-state index in [4.69, 9.17) is 0 Å². The fourth-order valence-corrected chi connectivity index (χ4v) is 2.42. The van der Waals surface area contributed by atoms with E-state index in [0.29, 0.717) is 5.75 Å². The van der Waals surface area contributed by atoms with Crippen LogP contribution in [-0.4, -0.2) is 5.11 Å². The zero-order valence-corrected chi connectivity index (χ0v) is 11.3. The van der Waals surface area contributed by atoms with E-state index in [-0.39, 0.29) is 5.41 Å². The van der Waals surface area contributed by atoms with Crippen LogP contribution in [0.15, 0.2) is 48.5 Å². The second kappa shape index (κ2) is 4.85. The molecule has 0 saturated heterocycles. The first-order valence-electron chi connectivity index (χ1n) is 6.34. The van der Waals surface area contributed by atoms with Crippen LogP contribution in [0, 0.1) is 0 Å². The average Bonchev–Trinajstić information content (AvgIpc) is 2.28. The molecule has 0 aliphatic carbocycles. The highest BCUT2D eigenvalue weighted by Gasteiger charge is 2.21. The molecule has 0 aliphatic heterocycles. The zero-order chi connectivity index (χ0) is 13.2. The summed E-state index contributed by atoms with van der Waals surface area (Å²) in [6.07, 6.45) is 0.863. The van der Waals surface area contributed by atoms with Gasteiger partial charge >= 0.3 is 0 Å². The van der Waals surface area contributed by atoms with Crippen LogP contribution in [0.25, 0.3) is 0 Å². The van der Waals surface area contributed by atoms with Crippen molar-refractivity contribution in [2.75, 3.05) is 0 Å². The van der Waals surface area contributed by atoms with E-state index in [1.54, 1.807) is 6.07 Å². The first-order chi connectivity index (χ1) is 8.48. The number of phenols is 1. The van der Waals surface area contributed by atoms with E-state index in [2.05, 4.69) is 51.1 Å². The lowest BCUT2D eigenvalue weighted by atomic mass is 9.81. The van der Waals surface area contributed by atoms with Crippen molar-refractivity contribution in [2.24, 2.45) is 0 Å². The Morgan fingerprint density at radius 1 is 0.889 bits per heavy atom. The molecule has 0 saturated carbocycles. The summed E-state index contributed by atoms with van der Waals surface area (Å²) in [5.41, 5.74) is 3.48. The molecule has 0 aromatic heterocycles. The molecule has 0 aliphatic rings. The van der Waals surface area contributed by atoms with Gasteiger partial charge in [0.1, 0.15) is 5.75 Å². The van der Waals surface area contributed by atoms with Gasteiger partial charge in [0.2, 0.25) is 0 Å². The lowest BCUT2D eigenvalue weighted by Crippen LogP contribution is -2.14. The molecule has 0 amide bonds. The van der Waals surface area contributed by atoms with Crippen LogP contribution in [0.2, 0.25) is 0 Å². The van der Waals surface area contributed by atoms with Crippen LogP contribution >= 0.6 is 0 Å². The Morgan fingerprint density at radius 3 is 2.17 bits per heavy atom. The molecule has 2 rings (SSSR count). The van der Waals surface area contributed by atoms with E-state index < -0.39 is 0 Å². The maximum Gasteiger partial charge on any atom is 0.119 e. The van der Waals surface area contributed by atoms with Gasteiger partial charge in [-0.2, -0.15) is 0 Å². The van der Waals surface area contributed by atoms with Crippen LogP contribution in [0.5, 0.6) is 5.75 Å². The van der Waals surface area contributed by atoms with Crippen molar-refractivity contribution < 1.29 is 5.11 Å². The minimum absolute atomic E-state index is 0.0462. The third-order valence-electron chi connectivity index (χ3n) is 3.12. The standard InChI is InChI=1S/C17H20O/c1-17(2,3)16-14(10-7-11-15(16)18)12-13-8-5-4-6-9-13/h4-11,18H,12H2,1-3H3. The summed E-state index contributed by atoms with van der Waals surface area (Å²) >= 11 is 0. The van der Waals surface area contributed by atoms with Crippen molar-refractivity contribution in [1.82, 2.24) is 0 Å². The Kier molecular flexibility index (Phi) is 3.42. The van der Waals surface area contributed by atoms with Gasteiger partial charge < -0.3 is 5.11 Å². The quantitative estimate of drug-likeness (QED) is 0.830. The smallest absolute Gasteiger partial charge is 0.119 e. The third kappa shape index (κ3) is 2.73. The fourth-order valence-electron chi connectivity index (χ4n) is 2.42. The molecule has 2 aromatic rings. The van der Waals surface area contributed by atoms with Gasteiger partial charge in [0, 0.05) is 5.56 Å². The molecule has 0 heterocycles. The average molecular weight is 240 g/mol. The van der Waals surface area contributed by atoms with Gasteiger partial charge in [0.25, 0.3) is 0 Å². The number of phenolic OH excluding ortho intramolecular Hbond substituents is 1. The normalized spacial score (nSPS) is 11.5. The number of rotatable bonds is 2. The van der Waals surface area contributed by atoms with Crippen LogP contribution in [0.3, 0.4) is 0 Å². The SMILES string of the molecule is CC(C)(C)c1c(O)cccc1Cc1ccccc1. The largest absolute Gasteiger partial charge is 0.508 e. The van der Waals surface area contributed by atoms with Crippen molar-refractivity contribution in [2.45, 2.75) is 32.6 Å². The number of hydrogen-bond acceptors (Lipinski definition) is 1. The van der Waals surface area contributed by atoms with Gasteiger partial charge in [-0.25, -0.2) is 0 Å². The maximum absolute atomic E-state index is 10.1. The van der Waals surface area contributed by atoms with Gasteiger partial charge in [-0.3, -0.25) is 0 Å². The molecule has 1 nitrogen and oxygen atoms in total. The molecule has 0 radical (unpaired) electrons. The van der Waals surface area contributed by atoms with Crippen molar-refractivity contribution in [3.8, 4) is 5.75 Å². The predicted molar refractivity (Wildman–Crippen MR) is 76.1 cm³/mol. The second-order valence-electron chi connectivity index (χ2n) is 5.72. The Labute approximate surface area is 109 Å². The maximum atomic E-state index is 10.1. The summed E-state index contributed by atoms with van der Waals surface area (Å²) in [6.45, 7) is 6.41. The Hall–Kier alpha value is -1.76. The van der Waals surface area contributed by atoms with Crippen LogP contribution in [0.1, 0.15) is 37.5 Å². The van der Waals surface area contributed by atoms with Gasteiger partial charge in [-0.05, 0) is 29.0 Å². The van der Waals surface area contributed by atoms with Crippen molar-refractivity contribution in [3.63, 3.8) is 0 Å². The van der Waals surface area contributed by atoms with Crippen LogP contribution in [-0.2, 0) is 11.8 Å². The number of benzene rings is 2. The molecule has 94 valence electrons. The Morgan fingerprint density at radius 2 is 1.56 bits per heavy atom. The number of aromatic hydroxyl groups is 1. The molecule has 0 atom stereocenters. The van der Waals surface area contributed by atoms with E-state index in [9.17, 15) is 5.11 Å². The lowest BCUT2D eigenvalue weighted by Gasteiger charge is -2.24. The van der Waals surface area contributed by atoms with Gasteiger partial charge in [-0.1, -0.05) is 63.2 Å². The minimum Gasteiger partial charge on any atom is -0.508 e. The summed E-state index contributed by atoms with van der Waals surface area (Å²) in [6, 6.07) is 16.2. The summed E-state index contributed by atoms with van der Waals surface area (Å²) < 4.78 is 0. The van der Waals surface area contributed by atoms with Crippen molar-refractivity contribution in [1.29, 1.82) is 0 Å². The van der Waals surface area contributed by atoms with E-state index in [0.717, 1.165) is 12.0 Å². The molecule has 0 bridgehead atoms. The van der Waals surface area contributed by atoms with Crippen molar-refractivity contribution >= 4 is 0 Å². The highest BCUT2D eigenvalue weighted by atomic mass is 16.3. The third-order valence-corrected chi connectivity index (χ3v) is 3.12. The Balaban J connectivity index is 2.43. The van der Waals surface area contributed by atoms with Gasteiger partial charge in [-0.15, -0.1) is 0 Å². The van der Waals surface area contributed by atoms with Crippen LogP contribution in [0.4, 0.5) is 0 Å². The second-order valence-corrected chi connectivity index (χ2v) is 5.72. The lowest BCUT2D eigenvalue weighted by molar-refractivity contribution is 0.444. The Bertz CT molecular complexity index is 521. The monoisotopic (exact) mass is 240 g/mol.